The Morgan fingerprint density at radius 3 is 1.38 bits per heavy atom. The summed E-state index contributed by atoms with van der Waals surface area (Å²) in [6.45, 7) is 6.62. The summed E-state index contributed by atoms with van der Waals surface area (Å²) in [7, 11) is 0. The van der Waals surface area contributed by atoms with E-state index in [0.717, 1.165) is 0 Å². The molecule has 0 spiro atoms. The maximum absolute atomic E-state index is 2.23. The molecular weight excluding hydrogens is 254 g/mol. The van der Waals surface area contributed by atoms with Gasteiger partial charge in [-0.1, -0.05) is 60.7 Å². The van der Waals surface area contributed by atoms with E-state index >= 15 is 0 Å². The lowest BCUT2D eigenvalue weighted by Gasteiger charge is -2.31. The van der Waals surface area contributed by atoms with Crippen LogP contribution in [0.3, 0.4) is 0 Å². The maximum atomic E-state index is 2.23. The van der Waals surface area contributed by atoms with Gasteiger partial charge < -0.3 is 4.90 Å². The van der Waals surface area contributed by atoms with Crippen LogP contribution in [-0.2, 0) is 0 Å². The van der Waals surface area contributed by atoms with E-state index in [0.29, 0.717) is 0 Å². The summed E-state index contributed by atoms with van der Waals surface area (Å²) in [5.41, 5.74) is 2.45. The van der Waals surface area contributed by atoms with E-state index in [1.54, 1.807) is 0 Å². The first kappa shape index (κ1) is 15.1. The molecule has 0 saturated heterocycles. The second kappa shape index (κ2) is 6.94. The molecule has 0 N–H and O–H groups in total. The SMILES string of the molecule is CC(C)(C)N(C=Cc1ccccc1)C=Cc1ccccc1. The number of hydrogen-bond donors (Lipinski definition) is 0. The average Bonchev–Trinajstić information content (AvgIpc) is 2.48. The fraction of sp³-hybridized carbons (Fsp3) is 0.200. The highest BCUT2D eigenvalue weighted by Gasteiger charge is 2.15. The molecule has 0 heterocycles. The van der Waals surface area contributed by atoms with Crippen LogP contribution in [0, 0.1) is 0 Å². The minimum atomic E-state index is 0.0383. The lowest BCUT2D eigenvalue weighted by atomic mass is 10.1. The zero-order valence-electron chi connectivity index (χ0n) is 13.0. The number of benzene rings is 2. The summed E-state index contributed by atoms with van der Waals surface area (Å²) >= 11 is 0. The lowest BCUT2D eigenvalue weighted by Crippen LogP contribution is -2.32. The third-order valence-corrected chi connectivity index (χ3v) is 3.23. The second-order valence-corrected chi connectivity index (χ2v) is 6.03. The predicted molar refractivity (Wildman–Crippen MR) is 92.5 cm³/mol. The Labute approximate surface area is 128 Å². The Kier molecular flexibility index (Phi) is 4.99. The summed E-state index contributed by atoms with van der Waals surface area (Å²) in [4.78, 5) is 2.23. The first-order valence-electron chi connectivity index (χ1n) is 7.31. The van der Waals surface area contributed by atoms with Gasteiger partial charge in [-0.3, -0.25) is 0 Å². The molecule has 0 atom stereocenters. The Morgan fingerprint density at radius 1 is 0.667 bits per heavy atom. The predicted octanol–water partition coefficient (Wildman–Crippen LogP) is 5.43. The molecule has 0 unspecified atom stereocenters. The molecule has 0 bridgehead atoms. The van der Waals surface area contributed by atoms with Crippen LogP contribution in [0.5, 0.6) is 0 Å². The van der Waals surface area contributed by atoms with Crippen molar-refractivity contribution in [2.45, 2.75) is 26.3 Å². The monoisotopic (exact) mass is 277 g/mol. The second-order valence-electron chi connectivity index (χ2n) is 6.03. The zero-order valence-corrected chi connectivity index (χ0v) is 13.0. The van der Waals surface area contributed by atoms with E-state index in [1.165, 1.54) is 11.1 Å². The van der Waals surface area contributed by atoms with Gasteiger partial charge in [0, 0.05) is 17.9 Å². The maximum Gasteiger partial charge on any atom is 0.0355 e. The van der Waals surface area contributed by atoms with Crippen LogP contribution in [0.1, 0.15) is 31.9 Å². The van der Waals surface area contributed by atoms with Gasteiger partial charge >= 0.3 is 0 Å². The molecule has 1 nitrogen and oxygen atoms in total. The normalized spacial score (nSPS) is 12.1. The lowest BCUT2D eigenvalue weighted by molar-refractivity contribution is 0.283. The summed E-state index contributed by atoms with van der Waals surface area (Å²) in [6, 6.07) is 20.7. The Morgan fingerprint density at radius 2 is 1.05 bits per heavy atom. The van der Waals surface area contributed by atoms with Gasteiger partial charge in [0.1, 0.15) is 0 Å². The van der Waals surface area contributed by atoms with Crippen molar-refractivity contribution in [3.63, 3.8) is 0 Å². The van der Waals surface area contributed by atoms with Crippen molar-refractivity contribution in [2.24, 2.45) is 0 Å². The van der Waals surface area contributed by atoms with E-state index in [2.05, 4.69) is 98.8 Å². The van der Waals surface area contributed by atoms with Crippen molar-refractivity contribution >= 4 is 12.2 Å². The van der Waals surface area contributed by atoms with E-state index in [9.17, 15) is 0 Å². The Bertz CT molecular complexity index is 539. The number of nitrogens with zero attached hydrogens (tertiary/aromatic N) is 1. The molecule has 0 aromatic heterocycles. The highest BCUT2D eigenvalue weighted by molar-refractivity contribution is 5.51. The van der Waals surface area contributed by atoms with Crippen LogP contribution in [0.15, 0.2) is 73.1 Å². The fourth-order valence-corrected chi connectivity index (χ4v) is 1.96. The van der Waals surface area contributed by atoms with E-state index in [-0.39, 0.29) is 5.54 Å². The largest absolute Gasteiger partial charge is 0.349 e. The van der Waals surface area contributed by atoms with Crippen LogP contribution in [0.4, 0.5) is 0 Å². The van der Waals surface area contributed by atoms with Gasteiger partial charge in [-0.05, 0) is 44.1 Å². The van der Waals surface area contributed by atoms with Crippen molar-refractivity contribution < 1.29 is 0 Å². The van der Waals surface area contributed by atoms with Crippen molar-refractivity contribution in [2.75, 3.05) is 0 Å². The molecule has 2 aromatic carbocycles. The molecule has 0 fully saturated rings. The fourth-order valence-electron chi connectivity index (χ4n) is 1.96. The highest BCUT2D eigenvalue weighted by Crippen LogP contribution is 2.17. The van der Waals surface area contributed by atoms with Crippen molar-refractivity contribution in [1.29, 1.82) is 0 Å². The average molecular weight is 277 g/mol. The molecule has 0 aliphatic heterocycles. The van der Waals surface area contributed by atoms with Crippen molar-refractivity contribution in [3.8, 4) is 0 Å². The minimum absolute atomic E-state index is 0.0383. The summed E-state index contributed by atoms with van der Waals surface area (Å²) in [5, 5.41) is 0. The van der Waals surface area contributed by atoms with Crippen molar-refractivity contribution in [1.82, 2.24) is 4.90 Å². The van der Waals surface area contributed by atoms with Gasteiger partial charge in [0.15, 0.2) is 0 Å². The summed E-state index contributed by atoms with van der Waals surface area (Å²) < 4.78 is 0. The van der Waals surface area contributed by atoms with Crippen molar-refractivity contribution in [3.05, 3.63) is 84.2 Å². The standard InChI is InChI=1S/C20H23N/c1-20(2,3)21(16-14-18-10-6-4-7-11-18)17-15-19-12-8-5-9-13-19/h4-17H,1-3H3. The van der Waals surface area contributed by atoms with Gasteiger partial charge in [-0.25, -0.2) is 0 Å². The topological polar surface area (TPSA) is 3.24 Å². The van der Waals surface area contributed by atoms with Crippen LogP contribution < -0.4 is 0 Å². The highest BCUT2D eigenvalue weighted by atomic mass is 15.1. The van der Waals surface area contributed by atoms with E-state index in [4.69, 9.17) is 0 Å². The Balaban J connectivity index is 2.16. The molecule has 0 aliphatic rings. The smallest absolute Gasteiger partial charge is 0.0355 e. The Hall–Kier alpha value is -2.28. The molecule has 21 heavy (non-hydrogen) atoms. The van der Waals surface area contributed by atoms with Crippen LogP contribution in [0.25, 0.3) is 12.2 Å². The quantitative estimate of drug-likeness (QED) is 0.720. The number of hydrogen-bond acceptors (Lipinski definition) is 1. The zero-order chi connectivity index (χ0) is 15.1. The van der Waals surface area contributed by atoms with Gasteiger partial charge in [0.2, 0.25) is 0 Å². The minimum Gasteiger partial charge on any atom is -0.349 e. The van der Waals surface area contributed by atoms with Gasteiger partial charge in [0.05, 0.1) is 0 Å². The van der Waals surface area contributed by atoms with Gasteiger partial charge in [-0.15, -0.1) is 0 Å². The number of rotatable bonds is 4. The molecular formula is C20H23N. The molecule has 0 radical (unpaired) electrons. The molecule has 0 amide bonds. The molecule has 2 aromatic rings. The van der Waals surface area contributed by atoms with Crippen LogP contribution >= 0.6 is 0 Å². The van der Waals surface area contributed by atoms with Crippen LogP contribution in [-0.4, -0.2) is 10.4 Å². The summed E-state index contributed by atoms with van der Waals surface area (Å²) in [6.07, 6.45) is 8.55. The molecule has 1 heteroatoms. The third kappa shape index (κ3) is 4.96. The third-order valence-electron chi connectivity index (χ3n) is 3.23. The van der Waals surface area contributed by atoms with E-state index < -0.39 is 0 Å². The van der Waals surface area contributed by atoms with Crippen LogP contribution in [0.2, 0.25) is 0 Å². The van der Waals surface area contributed by atoms with Gasteiger partial charge in [0.25, 0.3) is 0 Å². The first-order chi connectivity index (χ1) is 10.1. The summed E-state index contributed by atoms with van der Waals surface area (Å²) in [5.74, 6) is 0. The molecule has 0 saturated carbocycles. The van der Waals surface area contributed by atoms with E-state index in [1.807, 2.05) is 12.1 Å². The molecule has 108 valence electrons. The molecule has 2 rings (SSSR count). The van der Waals surface area contributed by atoms with Gasteiger partial charge in [-0.2, -0.15) is 0 Å². The molecule has 0 aliphatic carbocycles. The first-order valence-corrected chi connectivity index (χ1v) is 7.31.